The fraction of sp³-hybridized carbons (Fsp3) is 0. The van der Waals surface area contributed by atoms with Gasteiger partial charge in [0.25, 0.3) is 0 Å². The molecule has 0 heterocycles. The fourth-order valence-electron chi connectivity index (χ4n) is 0.799. The average molecular weight is 185 g/mol. The van der Waals surface area contributed by atoms with E-state index in [0.29, 0.717) is 5.56 Å². The number of benzene rings is 1. The van der Waals surface area contributed by atoms with Crippen molar-refractivity contribution < 1.29 is 9.90 Å². The van der Waals surface area contributed by atoms with Gasteiger partial charge in [0, 0.05) is 0 Å². The quantitative estimate of drug-likeness (QED) is 0.767. The smallest absolute Gasteiger partial charge is 0.335 e. The van der Waals surface area contributed by atoms with Crippen LogP contribution in [0.1, 0.15) is 15.9 Å². The largest absolute Gasteiger partial charge is 0.478 e. The van der Waals surface area contributed by atoms with Crippen molar-refractivity contribution in [2.45, 2.75) is 0 Å². The Hall–Kier alpha value is -1.28. The number of aromatic carboxylic acids is 1. The van der Waals surface area contributed by atoms with E-state index in [0.717, 1.165) is 5.56 Å². The Morgan fingerprint density at radius 1 is 1.50 bits per heavy atom. The Balaban J connectivity index is 0.00000121. The highest BCUT2D eigenvalue weighted by Gasteiger charge is 2.00. The summed E-state index contributed by atoms with van der Waals surface area (Å²) < 4.78 is 0. The SMILES string of the molecule is C=Cc1cccc(C(=O)O)c1.Cl. The minimum absolute atomic E-state index is 0. The number of carboxylic acids is 1. The van der Waals surface area contributed by atoms with Crippen LogP contribution in [-0.2, 0) is 0 Å². The number of carboxylic acid groups (broad SMARTS) is 1. The molecule has 1 rings (SSSR count). The normalized spacial score (nSPS) is 8.33. The van der Waals surface area contributed by atoms with Gasteiger partial charge in [-0.15, -0.1) is 12.4 Å². The molecule has 0 saturated heterocycles. The first kappa shape index (κ1) is 10.7. The van der Waals surface area contributed by atoms with Crippen molar-refractivity contribution in [3.05, 3.63) is 42.0 Å². The molecular formula is C9H9ClO2. The number of carbonyl (C=O) groups is 1. The molecule has 12 heavy (non-hydrogen) atoms. The lowest BCUT2D eigenvalue weighted by molar-refractivity contribution is 0.0697. The first-order valence-electron chi connectivity index (χ1n) is 3.20. The van der Waals surface area contributed by atoms with E-state index in [-0.39, 0.29) is 12.4 Å². The van der Waals surface area contributed by atoms with E-state index in [1.54, 1.807) is 30.3 Å². The summed E-state index contributed by atoms with van der Waals surface area (Å²) in [7, 11) is 0. The van der Waals surface area contributed by atoms with Crippen LogP contribution in [0.2, 0.25) is 0 Å². The van der Waals surface area contributed by atoms with Gasteiger partial charge in [0.15, 0.2) is 0 Å². The molecule has 0 atom stereocenters. The van der Waals surface area contributed by atoms with Crippen molar-refractivity contribution in [1.82, 2.24) is 0 Å². The van der Waals surface area contributed by atoms with Crippen LogP contribution in [0.25, 0.3) is 6.08 Å². The highest BCUT2D eigenvalue weighted by atomic mass is 35.5. The molecule has 1 aromatic rings. The standard InChI is InChI=1S/C9H8O2.ClH/c1-2-7-4-3-5-8(6-7)9(10)11;/h2-6H,1H2,(H,10,11);1H. The zero-order chi connectivity index (χ0) is 8.27. The summed E-state index contributed by atoms with van der Waals surface area (Å²) in [5, 5.41) is 8.57. The van der Waals surface area contributed by atoms with E-state index in [1.807, 2.05) is 0 Å². The van der Waals surface area contributed by atoms with Crippen LogP contribution in [0, 0.1) is 0 Å². The van der Waals surface area contributed by atoms with Gasteiger partial charge in [-0.1, -0.05) is 24.8 Å². The van der Waals surface area contributed by atoms with Crippen LogP contribution < -0.4 is 0 Å². The summed E-state index contributed by atoms with van der Waals surface area (Å²) in [6.07, 6.45) is 1.62. The molecular weight excluding hydrogens is 176 g/mol. The van der Waals surface area contributed by atoms with Crippen LogP contribution >= 0.6 is 12.4 Å². The zero-order valence-corrected chi connectivity index (χ0v) is 7.17. The summed E-state index contributed by atoms with van der Waals surface area (Å²) in [5.41, 5.74) is 1.12. The van der Waals surface area contributed by atoms with Gasteiger partial charge in [-0.2, -0.15) is 0 Å². The van der Waals surface area contributed by atoms with Crippen molar-refractivity contribution in [3.63, 3.8) is 0 Å². The lowest BCUT2D eigenvalue weighted by Crippen LogP contribution is -1.95. The molecule has 0 radical (unpaired) electrons. The van der Waals surface area contributed by atoms with Gasteiger partial charge in [0.1, 0.15) is 0 Å². The van der Waals surface area contributed by atoms with Gasteiger partial charge in [0.2, 0.25) is 0 Å². The second-order valence-electron chi connectivity index (χ2n) is 2.13. The molecule has 2 nitrogen and oxygen atoms in total. The Labute approximate surface area is 76.9 Å². The van der Waals surface area contributed by atoms with Crippen molar-refractivity contribution in [2.24, 2.45) is 0 Å². The molecule has 0 aliphatic carbocycles. The maximum absolute atomic E-state index is 10.4. The van der Waals surface area contributed by atoms with Gasteiger partial charge in [-0.05, 0) is 17.7 Å². The molecule has 1 N–H and O–H groups in total. The molecule has 1 aromatic carbocycles. The van der Waals surface area contributed by atoms with Crippen LogP contribution in [0.5, 0.6) is 0 Å². The van der Waals surface area contributed by atoms with E-state index in [1.165, 1.54) is 0 Å². The predicted octanol–water partition coefficient (Wildman–Crippen LogP) is 2.45. The Morgan fingerprint density at radius 3 is 2.67 bits per heavy atom. The minimum Gasteiger partial charge on any atom is -0.478 e. The maximum Gasteiger partial charge on any atom is 0.335 e. The van der Waals surface area contributed by atoms with Crippen molar-refractivity contribution in [3.8, 4) is 0 Å². The van der Waals surface area contributed by atoms with E-state index in [4.69, 9.17) is 5.11 Å². The summed E-state index contributed by atoms with van der Waals surface area (Å²) in [5.74, 6) is -0.909. The van der Waals surface area contributed by atoms with E-state index >= 15 is 0 Å². The van der Waals surface area contributed by atoms with Crippen molar-refractivity contribution >= 4 is 24.5 Å². The molecule has 0 saturated carbocycles. The second-order valence-corrected chi connectivity index (χ2v) is 2.13. The van der Waals surface area contributed by atoms with Crippen LogP contribution in [0.4, 0.5) is 0 Å². The Morgan fingerprint density at radius 2 is 2.17 bits per heavy atom. The van der Waals surface area contributed by atoms with Crippen molar-refractivity contribution in [1.29, 1.82) is 0 Å². The average Bonchev–Trinajstić information content (AvgIpc) is 2.05. The van der Waals surface area contributed by atoms with E-state index < -0.39 is 5.97 Å². The third-order valence-electron chi connectivity index (χ3n) is 1.37. The zero-order valence-electron chi connectivity index (χ0n) is 6.36. The maximum atomic E-state index is 10.4. The Kier molecular flexibility index (Phi) is 4.08. The number of hydrogen-bond acceptors (Lipinski definition) is 1. The molecule has 0 aromatic heterocycles. The third kappa shape index (κ3) is 2.40. The molecule has 0 fully saturated rings. The van der Waals surface area contributed by atoms with Crippen LogP contribution in [0.15, 0.2) is 30.8 Å². The van der Waals surface area contributed by atoms with E-state index in [2.05, 4.69) is 6.58 Å². The highest BCUT2D eigenvalue weighted by Crippen LogP contribution is 2.05. The van der Waals surface area contributed by atoms with Gasteiger partial charge in [-0.25, -0.2) is 4.79 Å². The summed E-state index contributed by atoms with van der Waals surface area (Å²) in [6, 6.07) is 6.63. The first-order valence-corrected chi connectivity index (χ1v) is 3.20. The molecule has 0 bridgehead atoms. The minimum atomic E-state index is -0.909. The van der Waals surface area contributed by atoms with Gasteiger partial charge in [-0.3, -0.25) is 0 Å². The molecule has 0 aliphatic heterocycles. The second kappa shape index (κ2) is 4.57. The monoisotopic (exact) mass is 184 g/mol. The molecule has 0 spiro atoms. The molecule has 0 unspecified atom stereocenters. The highest BCUT2D eigenvalue weighted by molar-refractivity contribution is 5.88. The molecule has 3 heteroatoms. The fourth-order valence-corrected chi connectivity index (χ4v) is 0.799. The van der Waals surface area contributed by atoms with Gasteiger partial charge >= 0.3 is 5.97 Å². The number of rotatable bonds is 2. The third-order valence-corrected chi connectivity index (χ3v) is 1.37. The van der Waals surface area contributed by atoms with Crippen LogP contribution in [0.3, 0.4) is 0 Å². The number of hydrogen-bond donors (Lipinski definition) is 1. The van der Waals surface area contributed by atoms with Crippen molar-refractivity contribution in [2.75, 3.05) is 0 Å². The summed E-state index contributed by atoms with van der Waals surface area (Å²) in [4.78, 5) is 10.4. The number of halogens is 1. The summed E-state index contributed by atoms with van der Waals surface area (Å²) >= 11 is 0. The first-order chi connectivity index (χ1) is 5.24. The van der Waals surface area contributed by atoms with Crippen LogP contribution in [-0.4, -0.2) is 11.1 Å². The van der Waals surface area contributed by atoms with E-state index in [9.17, 15) is 4.79 Å². The molecule has 0 aliphatic rings. The molecule has 64 valence electrons. The molecule has 0 amide bonds. The lowest BCUT2D eigenvalue weighted by Gasteiger charge is -1.94. The van der Waals surface area contributed by atoms with Gasteiger partial charge < -0.3 is 5.11 Å². The predicted molar refractivity (Wildman–Crippen MR) is 50.7 cm³/mol. The van der Waals surface area contributed by atoms with Gasteiger partial charge in [0.05, 0.1) is 5.56 Å². The lowest BCUT2D eigenvalue weighted by atomic mass is 10.1. The Bertz CT molecular complexity index is 294. The summed E-state index contributed by atoms with van der Waals surface area (Å²) in [6.45, 7) is 3.54. The topological polar surface area (TPSA) is 37.3 Å².